The van der Waals surface area contributed by atoms with Crippen molar-refractivity contribution in [1.29, 1.82) is 0 Å². The molecule has 0 aromatic heterocycles. The molecule has 1 aromatic rings. The summed E-state index contributed by atoms with van der Waals surface area (Å²) in [5, 5.41) is 2.78. The van der Waals surface area contributed by atoms with Crippen molar-refractivity contribution in [3.8, 4) is 5.75 Å². The first-order chi connectivity index (χ1) is 8.25. The van der Waals surface area contributed by atoms with Crippen molar-refractivity contribution in [3.63, 3.8) is 0 Å². The third-order valence-corrected chi connectivity index (χ3v) is 2.74. The van der Waals surface area contributed by atoms with Crippen molar-refractivity contribution in [3.05, 3.63) is 23.8 Å². The molecule has 0 spiro atoms. The average Bonchev–Trinajstić information content (AvgIpc) is 2.27. The molecule has 1 rings (SSSR count). The maximum Gasteiger partial charge on any atom is 0.241 e. The predicted molar refractivity (Wildman–Crippen MR) is 74.0 cm³/mol. The summed E-state index contributed by atoms with van der Waals surface area (Å²) in [7, 11) is 1.58. The second-order valence-electron chi connectivity index (χ2n) is 5.44. The van der Waals surface area contributed by atoms with Crippen LogP contribution in [0.3, 0.4) is 0 Å². The van der Waals surface area contributed by atoms with Gasteiger partial charge in [-0.3, -0.25) is 4.79 Å². The maximum atomic E-state index is 11.6. The first kappa shape index (κ1) is 14.5. The summed E-state index contributed by atoms with van der Waals surface area (Å²) >= 11 is 0. The van der Waals surface area contributed by atoms with Crippen LogP contribution in [0.25, 0.3) is 0 Å². The summed E-state index contributed by atoms with van der Waals surface area (Å²) in [6.45, 7) is 8.00. The molecule has 18 heavy (non-hydrogen) atoms. The van der Waals surface area contributed by atoms with Crippen LogP contribution in [-0.4, -0.2) is 19.1 Å². The van der Waals surface area contributed by atoms with E-state index in [-0.39, 0.29) is 11.3 Å². The molecular weight excluding hydrogens is 228 g/mol. The summed E-state index contributed by atoms with van der Waals surface area (Å²) in [4.78, 5) is 11.6. The van der Waals surface area contributed by atoms with Gasteiger partial charge in [0, 0.05) is 0 Å². The summed E-state index contributed by atoms with van der Waals surface area (Å²) < 4.78 is 5.24. The molecule has 100 valence electrons. The van der Waals surface area contributed by atoms with Gasteiger partial charge in [-0.1, -0.05) is 26.8 Å². The summed E-state index contributed by atoms with van der Waals surface area (Å²) in [6.07, 6.45) is 0. The summed E-state index contributed by atoms with van der Waals surface area (Å²) in [6, 6.07) is 5.24. The molecule has 4 nitrogen and oxygen atoms in total. The zero-order valence-corrected chi connectivity index (χ0v) is 11.7. The number of benzene rings is 1. The van der Waals surface area contributed by atoms with E-state index in [1.54, 1.807) is 14.0 Å². The molecule has 4 heteroatoms. The number of ether oxygens (including phenoxy) is 1. The minimum Gasteiger partial charge on any atom is -0.495 e. The minimum atomic E-state index is -0.548. The van der Waals surface area contributed by atoms with Crippen LogP contribution in [0.15, 0.2) is 18.2 Å². The van der Waals surface area contributed by atoms with E-state index in [4.69, 9.17) is 10.5 Å². The molecular formula is C14H22N2O2. The Morgan fingerprint density at radius 2 is 2.00 bits per heavy atom. The van der Waals surface area contributed by atoms with Crippen LogP contribution < -0.4 is 15.8 Å². The number of nitrogens with two attached hydrogens (primary N) is 1. The van der Waals surface area contributed by atoms with E-state index >= 15 is 0 Å². The standard InChI is InChI=1S/C14H22N2O2/c1-9(15)13(17)16-11-8-10(14(2,3)4)6-7-12(11)18-5/h6-9H,15H2,1-5H3,(H,16,17)/t9-/m0/s1. The van der Waals surface area contributed by atoms with Gasteiger partial charge in [-0.25, -0.2) is 0 Å². The fraction of sp³-hybridized carbons (Fsp3) is 0.500. The Morgan fingerprint density at radius 3 is 2.44 bits per heavy atom. The Morgan fingerprint density at radius 1 is 1.39 bits per heavy atom. The fourth-order valence-electron chi connectivity index (χ4n) is 1.52. The second-order valence-corrected chi connectivity index (χ2v) is 5.44. The van der Waals surface area contributed by atoms with Gasteiger partial charge in [0.15, 0.2) is 0 Å². The minimum absolute atomic E-state index is 0.0140. The Hall–Kier alpha value is -1.55. The van der Waals surface area contributed by atoms with Crippen molar-refractivity contribution < 1.29 is 9.53 Å². The van der Waals surface area contributed by atoms with Gasteiger partial charge in [-0.05, 0) is 30.0 Å². The molecule has 0 bridgehead atoms. The Balaban J connectivity index is 3.11. The lowest BCUT2D eigenvalue weighted by molar-refractivity contribution is -0.117. The zero-order valence-electron chi connectivity index (χ0n) is 11.7. The van der Waals surface area contributed by atoms with E-state index in [1.165, 1.54) is 0 Å². The molecule has 0 fully saturated rings. The normalized spacial score (nSPS) is 13.0. The van der Waals surface area contributed by atoms with Gasteiger partial charge in [-0.15, -0.1) is 0 Å². The number of hydrogen-bond acceptors (Lipinski definition) is 3. The number of carbonyl (C=O) groups is 1. The van der Waals surface area contributed by atoms with Crippen molar-refractivity contribution in [2.24, 2.45) is 5.73 Å². The number of methoxy groups -OCH3 is 1. The highest BCUT2D eigenvalue weighted by molar-refractivity contribution is 5.95. The third kappa shape index (κ3) is 3.47. The molecule has 0 heterocycles. The quantitative estimate of drug-likeness (QED) is 0.865. The van der Waals surface area contributed by atoms with Crippen LogP contribution in [-0.2, 0) is 10.2 Å². The number of anilines is 1. The van der Waals surface area contributed by atoms with Crippen molar-refractivity contribution in [2.45, 2.75) is 39.2 Å². The number of nitrogens with one attached hydrogen (secondary N) is 1. The summed E-state index contributed by atoms with van der Waals surface area (Å²) in [5.74, 6) is 0.413. The lowest BCUT2D eigenvalue weighted by Gasteiger charge is -2.21. The molecule has 1 atom stereocenters. The van der Waals surface area contributed by atoms with Crippen LogP contribution in [0, 0.1) is 0 Å². The topological polar surface area (TPSA) is 64.3 Å². The number of carbonyl (C=O) groups excluding carboxylic acids is 1. The average molecular weight is 250 g/mol. The molecule has 0 saturated carbocycles. The van der Waals surface area contributed by atoms with Crippen LogP contribution in [0.2, 0.25) is 0 Å². The molecule has 3 N–H and O–H groups in total. The first-order valence-electron chi connectivity index (χ1n) is 6.00. The first-order valence-corrected chi connectivity index (χ1v) is 6.00. The van der Waals surface area contributed by atoms with E-state index in [1.807, 2.05) is 18.2 Å². The summed E-state index contributed by atoms with van der Waals surface area (Å²) in [5.41, 5.74) is 7.35. The van der Waals surface area contributed by atoms with Crippen molar-refractivity contribution in [2.75, 3.05) is 12.4 Å². The van der Waals surface area contributed by atoms with Crippen molar-refractivity contribution >= 4 is 11.6 Å². The Kier molecular flexibility index (Phi) is 4.35. The smallest absolute Gasteiger partial charge is 0.241 e. The lowest BCUT2D eigenvalue weighted by Crippen LogP contribution is -2.32. The second kappa shape index (κ2) is 5.40. The van der Waals surface area contributed by atoms with Crippen LogP contribution in [0.4, 0.5) is 5.69 Å². The van der Waals surface area contributed by atoms with Crippen LogP contribution >= 0.6 is 0 Å². The highest BCUT2D eigenvalue weighted by Crippen LogP contribution is 2.31. The van der Waals surface area contributed by atoms with Gasteiger partial charge in [-0.2, -0.15) is 0 Å². The van der Waals surface area contributed by atoms with Gasteiger partial charge >= 0.3 is 0 Å². The molecule has 0 aliphatic carbocycles. The number of amides is 1. The van der Waals surface area contributed by atoms with E-state index in [2.05, 4.69) is 26.1 Å². The monoisotopic (exact) mass is 250 g/mol. The zero-order chi connectivity index (χ0) is 13.9. The van der Waals surface area contributed by atoms with Gasteiger partial charge < -0.3 is 15.8 Å². The van der Waals surface area contributed by atoms with Crippen LogP contribution in [0.5, 0.6) is 5.75 Å². The molecule has 0 aliphatic heterocycles. The molecule has 0 saturated heterocycles. The van der Waals surface area contributed by atoms with Gasteiger partial charge in [0.2, 0.25) is 5.91 Å². The molecule has 0 unspecified atom stereocenters. The van der Waals surface area contributed by atoms with Gasteiger partial charge in [0.1, 0.15) is 5.75 Å². The largest absolute Gasteiger partial charge is 0.495 e. The van der Waals surface area contributed by atoms with Gasteiger partial charge in [0.05, 0.1) is 18.8 Å². The molecule has 0 aliphatic rings. The number of hydrogen-bond donors (Lipinski definition) is 2. The SMILES string of the molecule is COc1ccc(C(C)(C)C)cc1NC(=O)[C@H](C)N. The van der Waals surface area contributed by atoms with E-state index in [0.29, 0.717) is 11.4 Å². The number of rotatable bonds is 3. The Labute approximate surface area is 109 Å². The third-order valence-electron chi connectivity index (χ3n) is 2.74. The highest BCUT2D eigenvalue weighted by Gasteiger charge is 2.17. The van der Waals surface area contributed by atoms with E-state index < -0.39 is 6.04 Å². The van der Waals surface area contributed by atoms with E-state index in [9.17, 15) is 4.79 Å². The Bertz CT molecular complexity index is 434. The van der Waals surface area contributed by atoms with E-state index in [0.717, 1.165) is 5.56 Å². The highest BCUT2D eigenvalue weighted by atomic mass is 16.5. The molecule has 1 amide bonds. The lowest BCUT2D eigenvalue weighted by atomic mass is 9.87. The van der Waals surface area contributed by atoms with Crippen molar-refractivity contribution in [1.82, 2.24) is 0 Å². The molecule has 0 radical (unpaired) electrons. The predicted octanol–water partition coefficient (Wildman–Crippen LogP) is 2.28. The fourth-order valence-corrected chi connectivity index (χ4v) is 1.52. The van der Waals surface area contributed by atoms with Gasteiger partial charge in [0.25, 0.3) is 0 Å². The molecule has 1 aromatic carbocycles. The maximum absolute atomic E-state index is 11.6. The van der Waals surface area contributed by atoms with Crippen LogP contribution in [0.1, 0.15) is 33.3 Å².